The molecule has 1 amide bonds. The number of carbonyl (C=O) groups excluding carboxylic acids is 1. The third kappa shape index (κ3) is 5.41. The van der Waals surface area contributed by atoms with Crippen molar-refractivity contribution in [2.45, 2.75) is 69.9 Å². The number of amides is 1. The second kappa shape index (κ2) is 10.3. The molecule has 1 saturated carbocycles. The van der Waals surface area contributed by atoms with Crippen LogP contribution in [0.4, 0.5) is 4.39 Å². The largest absolute Gasteiger partial charge is 0.383 e. The Morgan fingerprint density at radius 3 is 2.55 bits per heavy atom. The van der Waals surface area contributed by atoms with Crippen LogP contribution in [0.25, 0.3) is 0 Å². The van der Waals surface area contributed by atoms with Crippen LogP contribution < -0.4 is 16.8 Å². The number of nitrogens with two attached hydrogens (primary N) is 2. The van der Waals surface area contributed by atoms with Crippen molar-refractivity contribution in [2.75, 3.05) is 33.2 Å². The molecule has 2 atom stereocenters. The van der Waals surface area contributed by atoms with E-state index in [2.05, 4.69) is 10.3 Å². The van der Waals surface area contributed by atoms with Gasteiger partial charge in [0.05, 0.1) is 6.04 Å². The van der Waals surface area contributed by atoms with Gasteiger partial charge in [-0.3, -0.25) is 9.79 Å². The van der Waals surface area contributed by atoms with Gasteiger partial charge in [0.1, 0.15) is 5.82 Å². The topological polar surface area (TPSA) is 100.0 Å². The minimum atomic E-state index is -0.676. The first kappa shape index (κ1) is 21.9. The van der Waals surface area contributed by atoms with Gasteiger partial charge in [-0.05, 0) is 51.0 Å². The summed E-state index contributed by atoms with van der Waals surface area (Å²) in [4.78, 5) is 20.6. The van der Waals surface area contributed by atoms with E-state index in [0.29, 0.717) is 19.0 Å². The molecule has 0 aromatic heterocycles. The molecule has 7 nitrogen and oxygen atoms in total. The number of nitrogens with one attached hydrogen (secondary N) is 1. The zero-order valence-electron chi connectivity index (χ0n) is 17.7. The molecule has 2 aliphatic heterocycles. The van der Waals surface area contributed by atoms with E-state index in [1.165, 1.54) is 39.2 Å². The van der Waals surface area contributed by atoms with E-state index in [0.717, 1.165) is 38.8 Å². The first-order chi connectivity index (χ1) is 14.0. The molecule has 0 spiro atoms. The lowest BCUT2D eigenvalue weighted by Gasteiger charge is -2.43. The van der Waals surface area contributed by atoms with Gasteiger partial charge >= 0.3 is 0 Å². The molecular formula is C21H37FN6O. The summed E-state index contributed by atoms with van der Waals surface area (Å²) >= 11 is 0. The van der Waals surface area contributed by atoms with Crippen molar-refractivity contribution in [1.29, 1.82) is 0 Å². The van der Waals surface area contributed by atoms with Crippen molar-refractivity contribution in [3.05, 3.63) is 11.6 Å². The van der Waals surface area contributed by atoms with E-state index in [1.807, 2.05) is 4.90 Å². The summed E-state index contributed by atoms with van der Waals surface area (Å²) < 4.78 is 14.3. The highest BCUT2D eigenvalue weighted by atomic mass is 19.1. The van der Waals surface area contributed by atoms with E-state index in [1.54, 1.807) is 4.90 Å². The van der Waals surface area contributed by atoms with Gasteiger partial charge < -0.3 is 26.6 Å². The van der Waals surface area contributed by atoms with Crippen molar-refractivity contribution in [3.63, 3.8) is 0 Å². The number of halogens is 1. The minimum absolute atomic E-state index is 0.0224. The van der Waals surface area contributed by atoms with Gasteiger partial charge in [-0.1, -0.05) is 19.3 Å². The molecule has 0 bridgehead atoms. The summed E-state index contributed by atoms with van der Waals surface area (Å²) in [5.41, 5.74) is 11.6. The van der Waals surface area contributed by atoms with E-state index in [-0.39, 0.29) is 29.6 Å². The predicted octanol–water partition coefficient (Wildman–Crippen LogP) is 1.70. The summed E-state index contributed by atoms with van der Waals surface area (Å²) in [6.45, 7) is 2.91. The Bertz CT molecular complexity index is 631. The number of aliphatic imine (C=N–C) groups is 1. The number of hydrogen-bond acceptors (Lipinski definition) is 5. The highest BCUT2D eigenvalue weighted by Crippen LogP contribution is 2.25. The number of likely N-dealkylation sites (tertiary alicyclic amines) is 2. The van der Waals surface area contributed by atoms with E-state index < -0.39 is 5.83 Å². The monoisotopic (exact) mass is 408 g/mol. The molecule has 1 unspecified atom stereocenters. The van der Waals surface area contributed by atoms with Crippen molar-refractivity contribution in [1.82, 2.24) is 15.1 Å². The highest BCUT2D eigenvalue weighted by molar-refractivity contribution is 5.95. The van der Waals surface area contributed by atoms with Crippen LogP contribution in [0.3, 0.4) is 0 Å². The SMILES string of the molecule is CN=C(N)C(F)=C(N)N1CCC[C@@H](N2CCCC(NCC3CCCCC3)C2=O)C1. The Balaban J connectivity index is 1.59. The molecule has 8 heteroatoms. The highest BCUT2D eigenvalue weighted by Gasteiger charge is 2.36. The average Bonchev–Trinajstić information content (AvgIpc) is 2.77. The number of rotatable bonds is 6. The van der Waals surface area contributed by atoms with Gasteiger partial charge in [0.15, 0.2) is 5.84 Å². The Kier molecular flexibility index (Phi) is 7.75. The van der Waals surface area contributed by atoms with Gasteiger partial charge in [0, 0.05) is 32.7 Å². The van der Waals surface area contributed by atoms with Crippen LogP contribution in [-0.4, -0.2) is 66.9 Å². The molecule has 29 heavy (non-hydrogen) atoms. The maximum atomic E-state index is 14.3. The molecule has 5 N–H and O–H groups in total. The van der Waals surface area contributed by atoms with E-state index in [9.17, 15) is 9.18 Å². The van der Waals surface area contributed by atoms with Crippen molar-refractivity contribution < 1.29 is 9.18 Å². The molecule has 2 saturated heterocycles. The van der Waals surface area contributed by atoms with Crippen molar-refractivity contribution in [3.8, 4) is 0 Å². The third-order valence-electron chi connectivity index (χ3n) is 6.72. The molecule has 3 aliphatic rings. The fraction of sp³-hybridized carbons (Fsp3) is 0.810. The summed E-state index contributed by atoms with van der Waals surface area (Å²) in [6, 6.07) is -0.0322. The molecule has 3 rings (SSSR count). The fourth-order valence-corrected chi connectivity index (χ4v) is 4.95. The maximum Gasteiger partial charge on any atom is 0.240 e. The molecular weight excluding hydrogens is 371 g/mol. The Labute approximate surface area is 173 Å². The lowest BCUT2D eigenvalue weighted by Crippen LogP contribution is -2.58. The van der Waals surface area contributed by atoms with Gasteiger partial charge in [-0.25, -0.2) is 0 Å². The second-order valence-electron chi connectivity index (χ2n) is 8.69. The normalized spacial score (nSPS) is 28.5. The molecule has 3 fully saturated rings. The average molecular weight is 409 g/mol. The van der Waals surface area contributed by atoms with Crippen LogP contribution in [0.5, 0.6) is 0 Å². The minimum Gasteiger partial charge on any atom is -0.383 e. The molecule has 0 radical (unpaired) electrons. The predicted molar refractivity (Wildman–Crippen MR) is 114 cm³/mol. The fourth-order valence-electron chi connectivity index (χ4n) is 4.95. The Morgan fingerprint density at radius 1 is 1.10 bits per heavy atom. The summed E-state index contributed by atoms with van der Waals surface area (Å²) in [6.07, 6.45) is 10.2. The lowest BCUT2D eigenvalue weighted by molar-refractivity contribution is -0.139. The number of amidine groups is 1. The number of nitrogens with zero attached hydrogens (tertiary/aromatic N) is 3. The van der Waals surface area contributed by atoms with Gasteiger partial charge in [0.25, 0.3) is 0 Å². The Hall–Kier alpha value is -1.83. The van der Waals surface area contributed by atoms with E-state index in [4.69, 9.17) is 11.5 Å². The molecule has 164 valence electrons. The molecule has 0 aromatic carbocycles. The van der Waals surface area contributed by atoms with Crippen LogP contribution in [0.1, 0.15) is 57.8 Å². The maximum absolute atomic E-state index is 14.3. The third-order valence-corrected chi connectivity index (χ3v) is 6.72. The zero-order chi connectivity index (χ0) is 20.8. The van der Waals surface area contributed by atoms with E-state index >= 15 is 0 Å². The van der Waals surface area contributed by atoms with Gasteiger partial charge in [0.2, 0.25) is 11.7 Å². The first-order valence-electron chi connectivity index (χ1n) is 11.2. The summed E-state index contributed by atoms with van der Waals surface area (Å²) in [5.74, 6) is 0.0530. The van der Waals surface area contributed by atoms with Crippen LogP contribution in [0.2, 0.25) is 0 Å². The van der Waals surface area contributed by atoms with Crippen molar-refractivity contribution >= 4 is 11.7 Å². The smallest absolute Gasteiger partial charge is 0.240 e. The summed E-state index contributed by atoms with van der Waals surface area (Å²) in [5, 5.41) is 3.55. The quantitative estimate of drug-likeness (QED) is 0.459. The van der Waals surface area contributed by atoms with Crippen LogP contribution in [0, 0.1) is 5.92 Å². The molecule has 1 aliphatic carbocycles. The second-order valence-corrected chi connectivity index (χ2v) is 8.69. The first-order valence-corrected chi connectivity index (χ1v) is 11.2. The van der Waals surface area contributed by atoms with Gasteiger partial charge in [-0.15, -0.1) is 0 Å². The van der Waals surface area contributed by atoms with Gasteiger partial charge in [-0.2, -0.15) is 4.39 Å². The molecule has 0 aromatic rings. The standard InChI is InChI=1S/C21H37FN6O/c1-25-19(23)18(22)20(24)27-11-5-9-16(14-27)28-12-6-10-17(21(28)29)26-13-15-7-3-2-4-8-15/h15-17,26H,2-14,24H2,1H3,(H2,23,25)/t16-,17?/m1/s1. The number of hydrogen-bond donors (Lipinski definition) is 3. The van der Waals surface area contributed by atoms with Crippen LogP contribution >= 0.6 is 0 Å². The molecule has 2 heterocycles. The van der Waals surface area contributed by atoms with Crippen LogP contribution in [-0.2, 0) is 4.79 Å². The number of carbonyl (C=O) groups is 1. The van der Waals surface area contributed by atoms with Crippen molar-refractivity contribution in [2.24, 2.45) is 22.4 Å². The Morgan fingerprint density at radius 2 is 1.83 bits per heavy atom. The summed E-state index contributed by atoms with van der Waals surface area (Å²) in [7, 11) is 1.44. The van der Waals surface area contributed by atoms with Crippen LogP contribution in [0.15, 0.2) is 16.6 Å². The lowest BCUT2D eigenvalue weighted by atomic mass is 9.89. The zero-order valence-corrected chi connectivity index (χ0v) is 17.7. The number of piperidine rings is 2.